The van der Waals surface area contributed by atoms with Gasteiger partial charge in [0.1, 0.15) is 0 Å². The molecule has 0 radical (unpaired) electrons. The molecule has 0 amide bonds. The van der Waals surface area contributed by atoms with Crippen LogP contribution in [0.4, 0.5) is 5.13 Å². The summed E-state index contributed by atoms with van der Waals surface area (Å²) in [5.74, 6) is 1.54. The van der Waals surface area contributed by atoms with Gasteiger partial charge < -0.3 is 10.6 Å². The Morgan fingerprint density at radius 1 is 1.24 bits per heavy atom. The molecule has 1 fully saturated rings. The zero-order valence-electron chi connectivity index (χ0n) is 12.7. The summed E-state index contributed by atoms with van der Waals surface area (Å²) in [5.41, 5.74) is 8.16. The van der Waals surface area contributed by atoms with E-state index in [0.717, 1.165) is 35.8 Å². The van der Waals surface area contributed by atoms with Gasteiger partial charge in [-0.15, -0.1) is 0 Å². The van der Waals surface area contributed by atoms with E-state index < -0.39 is 0 Å². The van der Waals surface area contributed by atoms with Gasteiger partial charge in [-0.1, -0.05) is 55.5 Å². The predicted octanol–water partition coefficient (Wildman–Crippen LogP) is 3.75. The van der Waals surface area contributed by atoms with Crippen molar-refractivity contribution in [2.24, 2.45) is 17.6 Å². The lowest BCUT2D eigenvalue weighted by molar-refractivity contribution is 0.324. The maximum Gasteiger partial charge on any atom is 0.186 e. The summed E-state index contributed by atoms with van der Waals surface area (Å²) in [5, 5.41) is 1.13. The lowest BCUT2D eigenvalue weighted by Crippen LogP contribution is -2.38. The van der Waals surface area contributed by atoms with Crippen molar-refractivity contribution in [3.63, 3.8) is 0 Å². The fourth-order valence-electron chi connectivity index (χ4n) is 2.87. The van der Waals surface area contributed by atoms with Crippen LogP contribution in [0, 0.1) is 11.8 Å². The van der Waals surface area contributed by atoms with E-state index in [1.165, 1.54) is 16.9 Å². The highest BCUT2D eigenvalue weighted by Crippen LogP contribution is 2.35. The normalized spacial score (nSPS) is 22.5. The molecule has 2 unspecified atom stereocenters. The smallest absolute Gasteiger partial charge is 0.186 e. The van der Waals surface area contributed by atoms with E-state index in [0.29, 0.717) is 6.54 Å². The molecule has 1 aromatic carbocycles. The number of rotatable bonds is 3. The highest BCUT2D eigenvalue weighted by molar-refractivity contribution is 7.16. The first-order valence-electron chi connectivity index (χ1n) is 7.69. The predicted molar refractivity (Wildman–Crippen MR) is 90.6 cm³/mol. The quantitative estimate of drug-likeness (QED) is 0.939. The van der Waals surface area contributed by atoms with Crippen molar-refractivity contribution in [1.29, 1.82) is 0 Å². The number of benzene rings is 1. The molecular formula is C17H23N3S. The number of thiazole rings is 1. The highest BCUT2D eigenvalue weighted by Gasteiger charge is 2.25. The minimum Gasteiger partial charge on any atom is -0.348 e. The molecule has 0 saturated carbocycles. The van der Waals surface area contributed by atoms with Gasteiger partial charge >= 0.3 is 0 Å². The lowest BCUT2D eigenvalue weighted by atomic mass is 9.89. The van der Waals surface area contributed by atoms with Crippen molar-refractivity contribution in [1.82, 2.24) is 4.98 Å². The van der Waals surface area contributed by atoms with Crippen LogP contribution in [0.25, 0.3) is 11.3 Å². The first kappa shape index (κ1) is 14.5. The number of hydrogen-bond donors (Lipinski definition) is 1. The lowest BCUT2D eigenvalue weighted by Gasteiger charge is -2.35. The summed E-state index contributed by atoms with van der Waals surface area (Å²) < 4.78 is 0. The largest absolute Gasteiger partial charge is 0.348 e. The zero-order chi connectivity index (χ0) is 14.8. The van der Waals surface area contributed by atoms with Gasteiger partial charge in [0.15, 0.2) is 5.13 Å². The molecule has 21 heavy (non-hydrogen) atoms. The van der Waals surface area contributed by atoms with Gasteiger partial charge in [-0.05, 0) is 18.3 Å². The molecule has 0 spiro atoms. The molecule has 1 aliphatic rings. The first-order chi connectivity index (χ1) is 10.2. The second-order valence-electron chi connectivity index (χ2n) is 6.03. The van der Waals surface area contributed by atoms with Crippen molar-refractivity contribution in [3.05, 3.63) is 35.2 Å². The number of nitrogens with two attached hydrogens (primary N) is 1. The van der Waals surface area contributed by atoms with Crippen LogP contribution in [0.2, 0.25) is 0 Å². The highest BCUT2D eigenvalue weighted by atomic mass is 32.1. The molecule has 2 heterocycles. The molecule has 112 valence electrons. The topological polar surface area (TPSA) is 42.2 Å². The van der Waals surface area contributed by atoms with E-state index in [4.69, 9.17) is 10.7 Å². The maximum atomic E-state index is 5.93. The molecule has 1 aliphatic heterocycles. The van der Waals surface area contributed by atoms with Gasteiger partial charge in [0.25, 0.3) is 0 Å². The van der Waals surface area contributed by atoms with Crippen molar-refractivity contribution in [2.75, 3.05) is 18.0 Å². The molecule has 2 aromatic rings. The average molecular weight is 301 g/mol. The third-order valence-corrected chi connectivity index (χ3v) is 5.66. The molecule has 3 rings (SSSR count). The SMILES string of the molecule is CC1CCN(c2nc(-c3ccccc3)c(CN)s2)CC1C. The fourth-order valence-corrected chi connectivity index (χ4v) is 3.87. The Balaban J connectivity index is 1.90. The second-order valence-corrected chi connectivity index (χ2v) is 7.09. The van der Waals surface area contributed by atoms with Crippen LogP contribution in [0.5, 0.6) is 0 Å². The molecule has 1 saturated heterocycles. The zero-order valence-corrected chi connectivity index (χ0v) is 13.6. The number of aromatic nitrogens is 1. The van der Waals surface area contributed by atoms with Gasteiger partial charge in [-0.3, -0.25) is 0 Å². The third-order valence-electron chi connectivity index (χ3n) is 4.52. The van der Waals surface area contributed by atoms with Gasteiger partial charge in [-0.2, -0.15) is 0 Å². The van der Waals surface area contributed by atoms with Crippen LogP contribution in [0.15, 0.2) is 30.3 Å². The van der Waals surface area contributed by atoms with E-state index in [1.807, 2.05) is 6.07 Å². The number of hydrogen-bond acceptors (Lipinski definition) is 4. The first-order valence-corrected chi connectivity index (χ1v) is 8.51. The minimum absolute atomic E-state index is 0.557. The van der Waals surface area contributed by atoms with Crippen LogP contribution >= 0.6 is 11.3 Å². The Morgan fingerprint density at radius 2 is 2.00 bits per heavy atom. The second kappa shape index (κ2) is 6.16. The van der Waals surface area contributed by atoms with Crippen LogP contribution in [-0.2, 0) is 6.54 Å². The van der Waals surface area contributed by atoms with E-state index in [1.54, 1.807) is 11.3 Å². The Bertz CT molecular complexity index is 593. The van der Waals surface area contributed by atoms with Crippen LogP contribution in [0.1, 0.15) is 25.1 Å². The van der Waals surface area contributed by atoms with Crippen LogP contribution in [0.3, 0.4) is 0 Å². The van der Waals surface area contributed by atoms with Crippen molar-refractivity contribution in [2.45, 2.75) is 26.8 Å². The average Bonchev–Trinajstić information content (AvgIpc) is 2.95. The summed E-state index contributed by atoms with van der Waals surface area (Å²) in [6, 6.07) is 10.4. The van der Waals surface area contributed by atoms with E-state index >= 15 is 0 Å². The molecule has 1 aromatic heterocycles. The molecule has 2 atom stereocenters. The Hall–Kier alpha value is -1.39. The maximum absolute atomic E-state index is 5.93. The van der Waals surface area contributed by atoms with E-state index in [-0.39, 0.29) is 0 Å². The van der Waals surface area contributed by atoms with Crippen LogP contribution in [-0.4, -0.2) is 18.1 Å². The van der Waals surface area contributed by atoms with Crippen molar-refractivity contribution >= 4 is 16.5 Å². The van der Waals surface area contributed by atoms with E-state index in [9.17, 15) is 0 Å². The summed E-state index contributed by atoms with van der Waals surface area (Å²) in [7, 11) is 0. The van der Waals surface area contributed by atoms with Crippen LogP contribution < -0.4 is 10.6 Å². The summed E-state index contributed by atoms with van der Waals surface area (Å²) in [4.78, 5) is 8.51. The van der Waals surface area contributed by atoms with Gasteiger partial charge in [0, 0.05) is 30.1 Å². The summed E-state index contributed by atoms with van der Waals surface area (Å²) >= 11 is 1.75. The van der Waals surface area contributed by atoms with Gasteiger partial charge in [0.2, 0.25) is 0 Å². The number of piperidine rings is 1. The standard InChI is InChI=1S/C17H23N3S/c1-12-8-9-20(11-13(12)2)17-19-16(15(10-18)21-17)14-6-4-3-5-7-14/h3-7,12-13H,8-11,18H2,1-2H3. The molecule has 0 bridgehead atoms. The number of anilines is 1. The summed E-state index contributed by atoms with van der Waals surface area (Å²) in [6.07, 6.45) is 1.25. The molecule has 3 nitrogen and oxygen atoms in total. The number of nitrogens with zero attached hydrogens (tertiary/aromatic N) is 2. The van der Waals surface area contributed by atoms with E-state index in [2.05, 4.69) is 43.0 Å². The Kier molecular flexibility index (Phi) is 4.27. The molecular weight excluding hydrogens is 278 g/mol. The van der Waals surface area contributed by atoms with Gasteiger partial charge in [-0.25, -0.2) is 4.98 Å². The summed E-state index contributed by atoms with van der Waals surface area (Å²) in [6.45, 7) is 7.46. The van der Waals surface area contributed by atoms with Crippen molar-refractivity contribution in [3.8, 4) is 11.3 Å². The third kappa shape index (κ3) is 2.97. The Morgan fingerprint density at radius 3 is 2.67 bits per heavy atom. The monoisotopic (exact) mass is 301 g/mol. The minimum atomic E-state index is 0.557. The van der Waals surface area contributed by atoms with Gasteiger partial charge in [0.05, 0.1) is 5.69 Å². The Labute approximate surface area is 130 Å². The molecule has 2 N–H and O–H groups in total. The fraction of sp³-hybridized carbons (Fsp3) is 0.471. The molecule has 4 heteroatoms. The molecule has 0 aliphatic carbocycles. The van der Waals surface area contributed by atoms with Crippen molar-refractivity contribution < 1.29 is 0 Å².